The molecule has 1 N–H and O–H groups in total. The van der Waals surface area contributed by atoms with Crippen molar-refractivity contribution in [3.8, 4) is 0 Å². The Morgan fingerprint density at radius 1 is 1.43 bits per heavy atom. The van der Waals surface area contributed by atoms with Crippen LogP contribution in [0.2, 0.25) is 0 Å². The van der Waals surface area contributed by atoms with Gasteiger partial charge in [-0.15, -0.1) is 0 Å². The number of hydrogen-bond acceptors (Lipinski definition) is 4. The number of nitrogens with one attached hydrogen (secondary N) is 1. The highest BCUT2D eigenvalue weighted by Crippen LogP contribution is 2.19. The molecule has 0 spiro atoms. The van der Waals surface area contributed by atoms with Gasteiger partial charge in [0.15, 0.2) is 0 Å². The monoisotopic (exact) mass is 351 g/mol. The second-order valence-corrected chi connectivity index (χ2v) is 5.53. The van der Waals surface area contributed by atoms with Gasteiger partial charge in [0, 0.05) is 42.9 Å². The summed E-state index contributed by atoms with van der Waals surface area (Å²) < 4.78 is 7.48. The van der Waals surface area contributed by atoms with E-state index < -0.39 is 0 Å². The smallest absolute Gasteiger partial charge is 0.337 e. The zero-order chi connectivity index (χ0) is 15.2. The standard InChI is InChI=1S/C15H18BrN3O2/c1-19-13(6-8-18-19)5-7-17-10-12-4-3-11(9-14(12)16)15(20)21-2/h3-4,6,8-9,17H,5,7,10H2,1-2H3. The van der Waals surface area contributed by atoms with Crippen molar-refractivity contribution in [2.75, 3.05) is 13.7 Å². The summed E-state index contributed by atoms with van der Waals surface area (Å²) in [6, 6.07) is 7.49. The summed E-state index contributed by atoms with van der Waals surface area (Å²) in [5.41, 5.74) is 2.85. The van der Waals surface area contributed by atoms with Gasteiger partial charge >= 0.3 is 5.97 Å². The van der Waals surface area contributed by atoms with Gasteiger partial charge in [-0.3, -0.25) is 4.68 Å². The molecule has 5 nitrogen and oxygen atoms in total. The first-order valence-corrected chi connectivity index (χ1v) is 7.45. The van der Waals surface area contributed by atoms with Crippen molar-refractivity contribution in [1.82, 2.24) is 15.1 Å². The average molecular weight is 352 g/mol. The molecule has 1 aromatic heterocycles. The summed E-state index contributed by atoms with van der Waals surface area (Å²) in [6.07, 6.45) is 2.73. The van der Waals surface area contributed by atoms with E-state index in [2.05, 4.69) is 26.3 Å². The van der Waals surface area contributed by atoms with Gasteiger partial charge in [0.05, 0.1) is 12.7 Å². The largest absolute Gasteiger partial charge is 0.465 e. The Morgan fingerprint density at radius 2 is 2.24 bits per heavy atom. The van der Waals surface area contributed by atoms with Crippen LogP contribution in [-0.2, 0) is 24.8 Å². The van der Waals surface area contributed by atoms with Crippen molar-refractivity contribution in [2.45, 2.75) is 13.0 Å². The lowest BCUT2D eigenvalue weighted by atomic mass is 10.1. The van der Waals surface area contributed by atoms with Gasteiger partial charge in [0.1, 0.15) is 0 Å². The Kier molecular flexibility index (Phi) is 5.52. The van der Waals surface area contributed by atoms with Crippen LogP contribution in [0.1, 0.15) is 21.6 Å². The highest BCUT2D eigenvalue weighted by molar-refractivity contribution is 9.10. The molecule has 0 radical (unpaired) electrons. The molecule has 0 saturated heterocycles. The number of esters is 1. The van der Waals surface area contributed by atoms with Crippen molar-refractivity contribution < 1.29 is 9.53 Å². The molecule has 0 saturated carbocycles. The summed E-state index contributed by atoms with van der Waals surface area (Å²) >= 11 is 3.49. The minimum atomic E-state index is -0.327. The molecule has 0 aliphatic carbocycles. The highest BCUT2D eigenvalue weighted by atomic mass is 79.9. The van der Waals surface area contributed by atoms with Gasteiger partial charge in [0.2, 0.25) is 0 Å². The molecule has 0 amide bonds. The number of halogens is 1. The maximum Gasteiger partial charge on any atom is 0.337 e. The van der Waals surface area contributed by atoms with Crippen LogP contribution in [0.4, 0.5) is 0 Å². The summed E-state index contributed by atoms with van der Waals surface area (Å²) in [7, 11) is 3.32. The molecule has 2 rings (SSSR count). The third kappa shape index (κ3) is 4.15. The molecule has 0 atom stereocenters. The summed E-state index contributed by atoms with van der Waals surface area (Å²) in [4.78, 5) is 11.4. The van der Waals surface area contributed by atoms with Gasteiger partial charge in [-0.25, -0.2) is 4.79 Å². The second kappa shape index (κ2) is 7.38. The topological polar surface area (TPSA) is 56.1 Å². The minimum absolute atomic E-state index is 0.327. The minimum Gasteiger partial charge on any atom is -0.465 e. The van der Waals surface area contributed by atoms with Gasteiger partial charge in [-0.2, -0.15) is 5.10 Å². The average Bonchev–Trinajstić information content (AvgIpc) is 2.89. The Balaban J connectivity index is 1.86. The van der Waals surface area contributed by atoms with E-state index in [1.807, 2.05) is 23.9 Å². The molecule has 1 heterocycles. The van der Waals surface area contributed by atoms with Crippen LogP contribution in [0.15, 0.2) is 34.9 Å². The van der Waals surface area contributed by atoms with E-state index in [0.717, 1.165) is 29.5 Å². The van der Waals surface area contributed by atoms with Crippen molar-refractivity contribution in [3.63, 3.8) is 0 Å². The van der Waals surface area contributed by atoms with Crippen molar-refractivity contribution >= 4 is 21.9 Å². The Bertz CT molecular complexity index is 625. The summed E-state index contributed by atoms with van der Waals surface area (Å²) in [5, 5.41) is 7.52. The lowest BCUT2D eigenvalue weighted by Gasteiger charge is -2.08. The van der Waals surface area contributed by atoms with Crippen molar-refractivity contribution in [2.24, 2.45) is 7.05 Å². The molecule has 0 bridgehead atoms. The number of ether oxygens (including phenoxy) is 1. The van der Waals surface area contributed by atoms with Crippen LogP contribution in [-0.4, -0.2) is 29.4 Å². The Hall–Kier alpha value is -1.66. The van der Waals surface area contributed by atoms with Gasteiger partial charge in [-0.1, -0.05) is 22.0 Å². The Labute approximate surface area is 132 Å². The molecule has 1 aromatic carbocycles. The molecule has 0 aliphatic heterocycles. The molecule has 0 unspecified atom stereocenters. The molecule has 112 valence electrons. The van der Waals surface area contributed by atoms with Crippen LogP contribution >= 0.6 is 15.9 Å². The highest BCUT2D eigenvalue weighted by Gasteiger charge is 2.08. The number of rotatable bonds is 6. The second-order valence-electron chi connectivity index (χ2n) is 4.67. The Morgan fingerprint density at radius 3 is 2.86 bits per heavy atom. The molecule has 0 aliphatic rings. The fraction of sp³-hybridized carbons (Fsp3) is 0.333. The summed E-state index contributed by atoms with van der Waals surface area (Å²) in [5.74, 6) is -0.327. The molecule has 0 fully saturated rings. The number of nitrogens with zero attached hydrogens (tertiary/aromatic N) is 2. The van der Waals surface area contributed by atoms with Crippen LogP contribution < -0.4 is 5.32 Å². The van der Waals surface area contributed by atoms with E-state index in [9.17, 15) is 4.79 Å². The predicted molar refractivity (Wildman–Crippen MR) is 84.1 cm³/mol. The van der Waals surface area contributed by atoms with Crippen LogP contribution in [0.3, 0.4) is 0 Å². The van der Waals surface area contributed by atoms with Crippen molar-refractivity contribution in [1.29, 1.82) is 0 Å². The number of carbonyl (C=O) groups is 1. The van der Waals surface area contributed by atoms with E-state index in [0.29, 0.717) is 5.56 Å². The van der Waals surface area contributed by atoms with E-state index in [-0.39, 0.29) is 5.97 Å². The number of hydrogen-bond donors (Lipinski definition) is 1. The molecular formula is C15H18BrN3O2. The molecule has 6 heteroatoms. The number of benzene rings is 1. The van der Waals surface area contributed by atoms with Gasteiger partial charge in [-0.05, 0) is 23.8 Å². The third-order valence-electron chi connectivity index (χ3n) is 3.27. The lowest BCUT2D eigenvalue weighted by Crippen LogP contribution is -2.18. The van der Waals surface area contributed by atoms with Crippen LogP contribution in [0.5, 0.6) is 0 Å². The summed E-state index contributed by atoms with van der Waals surface area (Å²) in [6.45, 7) is 1.60. The number of aromatic nitrogens is 2. The van der Waals surface area contributed by atoms with Crippen LogP contribution in [0, 0.1) is 0 Å². The first-order chi connectivity index (χ1) is 10.1. The fourth-order valence-electron chi connectivity index (χ4n) is 2.02. The zero-order valence-corrected chi connectivity index (χ0v) is 13.7. The first-order valence-electron chi connectivity index (χ1n) is 6.66. The molecule has 21 heavy (non-hydrogen) atoms. The fourth-order valence-corrected chi connectivity index (χ4v) is 2.54. The number of methoxy groups -OCH3 is 1. The number of carbonyl (C=O) groups excluding carboxylic acids is 1. The quantitative estimate of drug-likeness (QED) is 0.640. The van der Waals surface area contributed by atoms with Crippen LogP contribution in [0.25, 0.3) is 0 Å². The normalized spacial score (nSPS) is 10.6. The SMILES string of the molecule is COC(=O)c1ccc(CNCCc2ccnn2C)c(Br)c1. The predicted octanol–water partition coefficient (Wildman–Crippen LogP) is 2.30. The van der Waals surface area contributed by atoms with E-state index in [1.54, 1.807) is 18.3 Å². The third-order valence-corrected chi connectivity index (χ3v) is 4.01. The number of aryl methyl sites for hydroxylation is 1. The van der Waals surface area contributed by atoms with E-state index in [1.165, 1.54) is 12.8 Å². The maximum absolute atomic E-state index is 11.4. The maximum atomic E-state index is 11.4. The van der Waals surface area contributed by atoms with E-state index in [4.69, 9.17) is 4.74 Å². The lowest BCUT2D eigenvalue weighted by molar-refractivity contribution is 0.0600. The molecular weight excluding hydrogens is 334 g/mol. The van der Waals surface area contributed by atoms with Gasteiger partial charge < -0.3 is 10.1 Å². The van der Waals surface area contributed by atoms with Crippen molar-refractivity contribution in [3.05, 3.63) is 51.8 Å². The zero-order valence-electron chi connectivity index (χ0n) is 12.1. The first kappa shape index (κ1) is 15.7. The molecule has 2 aromatic rings. The van der Waals surface area contributed by atoms with E-state index >= 15 is 0 Å². The van der Waals surface area contributed by atoms with Gasteiger partial charge in [0.25, 0.3) is 0 Å².